The molecule has 0 aliphatic rings. The van der Waals surface area contributed by atoms with Crippen molar-refractivity contribution in [3.05, 3.63) is 54.2 Å². The fraction of sp³-hybridized carbons (Fsp3) is 0.100. The zero-order chi connectivity index (χ0) is 13.3. The molecule has 0 bridgehead atoms. The van der Waals surface area contributed by atoms with Gasteiger partial charge >= 0.3 is 0 Å². The van der Waals surface area contributed by atoms with Gasteiger partial charge in [0.15, 0.2) is 0 Å². The monoisotopic (exact) mass is 393 g/mol. The Morgan fingerprint density at radius 3 is 2.61 bits per heavy atom. The van der Waals surface area contributed by atoms with Gasteiger partial charge in [-0.3, -0.25) is 14.8 Å². The number of halogens is 3. The fourth-order valence-corrected chi connectivity index (χ4v) is 2.79. The molecule has 1 aromatic heterocycles. The van der Waals surface area contributed by atoms with Crippen molar-refractivity contribution >= 4 is 49.1 Å². The van der Waals surface area contributed by atoms with Crippen LogP contribution in [0.1, 0.15) is 5.56 Å². The summed E-state index contributed by atoms with van der Waals surface area (Å²) in [6, 6.07) is 6.19. The second-order valence-corrected chi connectivity index (χ2v) is 5.51. The van der Waals surface area contributed by atoms with Crippen LogP contribution in [0.15, 0.2) is 33.5 Å². The highest BCUT2D eigenvalue weighted by Crippen LogP contribution is 2.25. The lowest BCUT2D eigenvalue weighted by Crippen LogP contribution is -2.03. The van der Waals surface area contributed by atoms with Crippen LogP contribution in [-0.4, -0.2) is 14.7 Å². The normalized spacial score (nSPS) is 10.6. The summed E-state index contributed by atoms with van der Waals surface area (Å²) in [6.45, 7) is 0.434. The van der Waals surface area contributed by atoms with E-state index in [1.165, 1.54) is 12.1 Å². The van der Waals surface area contributed by atoms with Crippen molar-refractivity contribution in [1.29, 1.82) is 0 Å². The van der Waals surface area contributed by atoms with Crippen molar-refractivity contribution in [2.75, 3.05) is 0 Å². The molecule has 0 fully saturated rings. The Morgan fingerprint density at radius 2 is 2.11 bits per heavy atom. The van der Waals surface area contributed by atoms with Crippen molar-refractivity contribution in [3.63, 3.8) is 0 Å². The molecule has 0 aliphatic carbocycles. The molecule has 0 saturated carbocycles. The Hall–Kier alpha value is -0.920. The number of non-ortho nitro benzene ring substituents is 1. The summed E-state index contributed by atoms with van der Waals surface area (Å²) in [7, 11) is 0. The number of aromatic nitrogens is 2. The van der Waals surface area contributed by atoms with E-state index >= 15 is 0 Å². The van der Waals surface area contributed by atoms with Gasteiger partial charge in [-0.1, -0.05) is 11.6 Å². The lowest BCUT2D eigenvalue weighted by Gasteiger charge is -2.05. The summed E-state index contributed by atoms with van der Waals surface area (Å²) >= 11 is 12.6. The van der Waals surface area contributed by atoms with Gasteiger partial charge in [0.25, 0.3) is 5.69 Å². The SMILES string of the molecule is O=[N+]([O-])c1ccc(Cn2nc(Br)cc2Br)c(Cl)c1. The first-order valence-electron chi connectivity index (χ1n) is 4.79. The number of hydrogen-bond acceptors (Lipinski definition) is 3. The van der Waals surface area contributed by atoms with Crippen molar-refractivity contribution in [1.82, 2.24) is 9.78 Å². The molecule has 0 atom stereocenters. The molecule has 8 heteroatoms. The van der Waals surface area contributed by atoms with Crippen LogP contribution in [-0.2, 0) is 6.54 Å². The molecule has 0 radical (unpaired) electrons. The molecule has 0 saturated heterocycles. The molecule has 1 heterocycles. The molecule has 1 aromatic carbocycles. The van der Waals surface area contributed by atoms with Crippen molar-refractivity contribution in [3.8, 4) is 0 Å². The van der Waals surface area contributed by atoms with Gasteiger partial charge in [-0.05, 0) is 43.5 Å². The van der Waals surface area contributed by atoms with Gasteiger partial charge in [0, 0.05) is 18.2 Å². The van der Waals surface area contributed by atoms with E-state index < -0.39 is 4.92 Å². The molecule has 0 aliphatic heterocycles. The largest absolute Gasteiger partial charge is 0.270 e. The molecule has 94 valence electrons. The van der Waals surface area contributed by atoms with Gasteiger partial charge in [-0.2, -0.15) is 5.10 Å². The minimum absolute atomic E-state index is 0.0236. The first-order valence-corrected chi connectivity index (χ1v) is 6.75. The molecule has 5 nitrogen and oxygen atoms in total. The zero-order valence-electron chi connectivity index (χ0n) is 8.81. The highest BCUT2D eigenvalue weighted by molar-refractivity contribution is 9.11. The molecular weight excluding hydrogens is 389 g/mol. The second kappa shape index (κ2) is 5.38. The van der Waals surface area contributed by atoms with Gasteiger partial charge in [-0.15, -0.1) is 0 Å². The summed E-state index contributed by atoms with van der Waals surface area (Å²) in [5.41, 5.74) is 0.739. The highest BCUT2D eigenvalue weighted by atomic mass is 79.9. The molecule has 0 N–H and O–H groups in total. The smallest absolute Gasteiger partial charge is 0.258 e. The fourth-order valence-electron chi connectivity index (χ4n) is 1.41. The second-order valence-electron chi connectivity index (χ2n) is 3.48. The molecule has 2 rings (SSSR count). The number of benzene rings is 1. The number of hydrogen-bond donors (Lipinski definition) is 0. The standard InChI is InChI=1S/C10H6Br2ClN3O2/c11-9-4-10(12)15(14-9)5-6-1-2-7(16(17)18)3-8(6)13/h1-4H,5H2. The predicted octanol–water partition coefficient (Wildman–Crippen LogP) is 4.02. The predicted molar refractivity (Wildman–Crippen MR) is 74.8 cm³/mol. The number of nitrogens with zero attached hydrogens (tertiary/aromatic N) is 3. The summed E-state index contributed by atoms with van der Waals surface area (Å²) in [5, 5.41) is 15.1. The third-order valence-electron chi connectivity index (χ3n) is 2.27. The molecule has 0 unspecified atom stereocenters. The third-order valence-corrected chi connectivity index (χ3v) is 3.65. The molecular formula is C10H6Br2ClN3O2. The van der Waals surface area contributed by atoms with E-state index in [4.69, 9.17) is 11.6 Å². The first kappa shape index (κ1) is 13.5. The summed E-state index contributed by atoms with van der Waals surface area (Å²) in [5.74, 6) is 0. The summed E-state index contributed by atoms with van der Waals surface area (Å²) in [6.07, 6.45) is 0. The van der Waals surface area contributed by atoms with Crippen LogP contribution in [0.3, 0.4) is 0 Å². The lowest BCUT2D eigenvalue weighted by molar-refractivity contribution is -0.384. The van der Waals surface area contributed by atoms with Crippen LogP contribution in [0, 0.1) is 10.1 Å². The van der Waals surface area contributed by atoms with Gasteiger partial charge in [0.2, 0.25) is 0 Å². The Labute approximate surface area is 124 Å². The minimum atomic E-state index is -0.476. The molecule has 0 amide bonds. The maximum atomic E-state index is 10.6. The van der Waals surface area contributed by atoms with Gasteiger partial charge in [-0.25, -0.2) is 0 Å². The van der Waals surface area contributed by atoms with Gasteiger partial charge < -0.3 is 0 Å². The molecule has 0 spiro atoms. The van der Waals surface area contributed by atoms with Crippen molar-refractivity contribution in [2.24, 2.45) is 0 Å². The Morgan fingerprint density at radius 1 is 1.39 bits per heavy atom. The number of rotatable bonds is 3. The molecule has 18 heavy (non-hydrogen) atoms. The first-order chi connectivity index (χ1) is 8.47. The highest BCUT2D eigenvalue weighted by Gasteiger charge is 2.11. The maximum Gasteiger partial charge on any atom is 0.270 e. The number of nitro benzene ring substituents is 1. The van der Waals surface area contributed by atoms with Crippen LogP contribution in [0.25, 0.3) is 0 Å². The van der Waals surface area contributed by atoms with E-state index in [-0.39, 0.29) is 5.69 Å². The van der Waals surface area contributed by atoms with E-state index in [1.54, 1.807) is 16.8 Å². The third kappa shape index (κ3) is 2.90. The lowest BCUT2D eigenvalue weighted by atomic mass is 10.2. The zero-order valence-corrected chi connectivity index (χ0v) is 12.7. The summed E-state index contributed by atoms with van der Waals surface area (Å²) < 4.78 is 3.19. The van der Waals surface area contributed by atoms with Crippen LogP contribution in [0.4, 0.5) is 5.69 Å². The van der Waals surface area contributed by atoms with E-state index in [2.05, 4.69) is 37.0 Å². The van der Waals surface area contributed by atoms with Crippen molar-refractivity contribution < 1.29 is 4.92 Å². The van der Waals surface area contributed by atoms with Crippen LogP contribution >= 0.6 is 43.5 Å². The quantitative estimate of drug-likeness (QED) is 0.583. The van der Waals surface area contributed by atoms with Crippen LogP contribution in [0.5, 0.6) is 0 Å². The van der Waals surface area contributed by atoms with Crippen LogP contribution in [0.2, 0.25) is 5.02 Å². The average Bonchev–Trinajstić information content (AvgIpc) is 2.60. The van der Waals surface area contributed by atoms with Crippen LogP contribution < -0.4 is 0 Å². The number of nitro groups is 1. The average molecular weight is 395 g/mol. The Bertz CT molecular complexity index is 615. The minimum Gasteiger partial charge on any atom is -0.258 e. The van der Waals surface area contributed by atoms with Crippen molar-refractivity contribution in [2.45, 2.75) is 6.54 Å². The Kier molecular flexibility index (Phi) is 4.04. The van der Waals surface area contributed by atoms with E-state index in [0.29, 0.717) is 16.2 Å². The Balaban J connectivity index is 2.30. The van der Waals surface area contributed by atoms with E-state index in [0.717, 1.165) is 10.2 Å². The van der Waals surface area contributed by atoms with Gasteiger partial charge in [0.05, 0.1) is 16.5 Å². The topological polar surface area (TPSA) is 61.0 Å². The molecule has 2 aromatic rings. The van der Waals surface area contributed by atoms with E-state index in [1.807, 2.05) is 0 Å². The maximum absolute atomic E-state index is 10.6. The summed E-state index contributed by atoms with van der Waals surface area (Å²) in [4.78, 5) is 10.1. The van der Waals surface area contributed by atoms with E-state index in [9.17, 15) is 10.1 Å². The van der Waals surface area contributed by atoms with Gasteiger partial charge in [0.1, 0.15) is 9.21 Å².